The maximum absolute atomic E-state index is 14.0. The number of rotatable bonds is 6. The van der Waals surface area contributed by atoms with Gasteiger partial charge in [-0.25, -0.2) is 13.5 Å². The molecule has 0 radical (unpaired) electrons. The lowest BCUT2D eigenvalue weighted by atomic mass is 9.97. The number of ether oxygens (including phenoxy) is 1. The summed E-state index contributed by atoms with van der Waals surface area (Å²) in [4.78, 5) is 0. The van der Waals surface area contributed by atoms with E-state index in [-0.39, 0.29) is 12.5 Å². The Labute approximate surface area is 194 Å². The molecule has 0 saturated heterocycles. The van der Waals surface area contributed by atoms with Crippen molar-refractivity contribution in [1.29, 1.82) is 0 Å². The van der Waals surface area contributed by atoms with E-state index < -0.39 is 12.5 Å². The first-order chi connectivity index (χ1) is 16.1. The first-order valence-corrected chi connectivity index (χ1v) is 11.1. The van der Waals surface area contributed by atoms with Crippen molar-refractivity contribution in [3.8, 4) is 22.8 Å². The summed E-state index contributed by atoms with van der Waals surface area (Å²) >= 11 is 5.51. The Morgan fingerprint density at radius 1 is 1.15 bits per heavy atom. The van der Waals surface area contributed by atoms with Gasteiger partial charge in [0.2, 0.25) is 0 Å². The minimum atomic E-state index is -2.57. The molecule has 0 bridgehead atoms. The number of para-hydroxylation sites is 2. The zero-order valence-electron chi connectivity index (χ0n) is 17.8. The molecule has 1 aliphatic heterocycles. The van der Waals surface area contributed by atoms with Gasteiger partial charge in [-0.1, -0.05) is 42.5 Å². The van der Waals surface area contributed by atoms with E-state index >= 15 is 0 Å². The van der Waals surface area contributed by atoms with Crippen molar-refractivity contribution in [1.82, 2.24) is 24.5 Å². The first-order valence-electron chi connectivity index (χ1n) is 10.7. The van der Waals surface area contributed by atoms with E-state index in [1.807, 2.05) is 61.5 Å². The van der Waals surface area contributed by atoms with E-state index in [4.69, 9.17) is 17.0 Å². The minimum absolute atomic E-state index is 0.218. The number of H-pyrrole nitrogens is 1. The number of anilines is 1. The summed E-state index contributed by atoms with van der Waals surface area (Å²) < 4.78 is 37.3. The Morgan fingerprint density at radius 3 is 2.67 bits per heavy atom. The van der Waals surface area contributed by atoms with Crippen LogP contribution < -0.4 is 10.1 Å². The number of benzene rings is 2. The summed E-state index contributed by atoms with van der Waals surface area (Å²) in [5.74, 6) is 1.58. The van der Waals surface area contributed by atoms with Crippen LogP contribution in [0.1, 0.15) is 31.0 Å². The molecule has 0 saturated carbocycles. The fourth-order valence-corrected chi connectivity index (χ4v) is 4.45. The van der Waals surface area contributed by atoms with Gasteiger partial charge in [0.05, 0.1) is 30.1 Å². The largest absolute Gasteiger partial charge is 0.492 e. The van der Waals surface area contributed by atoms with Crippen LogP contribution in [-0.2, 0) is 0 Å². The molecule has 170 valence electrons. The van der Waals surface area contributed by atoms with Gasteiger partial charge in [0.25, 0.3) is 6.43 Å². The molecule has 0 unspecified atom stereocenters. The lowest BCUT2D eigenvalue weighted by Crippen LogP contribution is -2.31. The third kappa shape index (κ3) is 3.80. The van der Waals surface area contributed by atoms with E-state index in [1.165, 1.54) is 4.68 Å². The van der Waals surface area contributed by atoms with Crippen LogP contribution in [0.5, 0.6) is 5.75 Å². The predicted molar refractivity (Wildman–Crippen MR) is 124 cm³/mol. The Kier molecular flexibility index (Phi) is 5.67. The van der Waals surface area contributed by atoms with E-state index in [1.54, 1.807) is 10.8 Å². The molecule has 1 aliphatic rings. The third-order valence-corrected chi connectivity index (χ3v) is 5.98. The number of aromatic amines is 1. The average molecular weight is 469 g/mol. The zero-order valence-corrected chi connectivity index (χ0v) is 18.6. The summed E-state index contributed by atoms with van der Waals surface area (Å²) in [6.45, 7) is 2.38. The van der Waals surface area contributed by atoms with Gasteiger partial charge in [-0.3, -0.25) is 9.67 Å². The molecule has 7 nitrogen and oxygen atoms in total. The molecular weight excluding hydrogens is 446 g/mol. The highest BCUT2D eigenvalue weighted by atomic mass is 32.1. The number of aromatic nitrogens is 5. The van der Waals surface area contributed by atoms with Crippen molar-refractivity contribution in [3.05, 3.63) is 71.1 Å². The van der Waals surface area contributed by atoms with Crippen LogP contribution in [0.2, 0.25) is 0 Å². The number of alkyl halides is 2. The highest BCUT2D eigenvalue weighted by Crippen LogP contribution is 2.42. The molecule has 0 spiro atoms. The third-order valence-electron chi connectivity index (χ3n) is 5.71. The smallest absolute Gasteiger partial charge is 0.260 e. The van der Waals surface area contributed by atoms with Gasteiger partial charge in [0, 0.05) is 0 Å². The molecule has 0 amide bonds. The van der Waals surface area contributed by atoms with Gasteiger partial charge in [-0.05, 0) is 43.3 Å². The van der Waals surface area contributed by atoms with Crippen LogP contribution in [0.4, 0.5) is 14.6 Å². The van der Waals surface area contributed by atoms with Crippen LogP contribution in [0, 0.1) is 4.77 Å². The molecule has 10 heteroatoms. The van der Waals surface area contributed by atoms with Crippen LogP contribution >= 0.6 is 12.2 Å². The SMILES string of the molecule is CCOc1ccccc1-n1c(-c2cnn3c2N[C@@H](c2ccccc2)C[C@H]3C(F)F)n[nH]c1=S. The molecule has 0 fully saturated rings. The Morgan fingerprint density at radius 2 is 1.91 bits per heavy atom. The van der Waals surface area contributed by atoms with E-state index in [2.05, 4.69) is 20.6 Å². The zero-order chi connectivity index (χ0) is 22.9. The van der Waals surface area contributed by atoms with Crippen molar-refractivity contribution < 1.29 is 13.5 Å². The number of hydrogen-bond acceptors (Lipinski definition) is 5. The second-order valence-electron chi connectivity index (χ2n) is 7.69. The maximum atomic E-state index is 14.0. The standard InChI is InChI=1S/C23H22F2N6OS/c1-2-32-19-11-7-6-10-17(19)30-22(28-29-23(30)33)15-13-26-31-18(20(24)25)12-16(27-21(15)31)14-8-4-3-5-9-14/h3-11,13,16,18,20,27H,2,12H2,1H3,(H,29,33)/t16-,18+/m1/s1. The number of fused-ring (bicyclic) bond motifs is 1. The average Bonchev–Trinajstić information content (AvgIpc) is 3.42. The monoisotopic (exact) mass is 468 g/mol. The molecule has 0 aliphatic carbocycles. The highest BCUT2D eigenvalue weighted by molar-refractivity contribution is 7.71. The second kappa shape index (κ2) is 8.78. The van der Waals surface area contributed by atoms with E-state index in [9.17, 15) is 8.78 Å². The van der Waals surface area contributed by atoms with E-state index in [0.29, 0.717) is 40.0 Å². The summed E-state index contributed by atoms with van der Waals surface area (Å²) in [6, 6.07) is 15.7. The van der Waals surface area contributed by atoms with Crippen molar-refractivity contribution in [2.45, 2.75) is 31.9 Å². The van der Waals surface area contributed by atoms with Gasteiger partial charge in [0.15, 0.2) is 10.6 Å². The molecule has 3 heterocycles. The first kappa shape index (κ1) is 21.3. The van der Waals surface area contributed by atoms with Gasteiger partial charge >= 0.3 is 0 Å². The Balaban J connectivity index is 1.64. The predicted octanol–water partition coefficient (Wildman–Crippen LogP) is 5.56. The van der Waals surface area contributed by atoms with Gasteiger partial charge < -0.3 is 10.1 Å². The number of nitrogens with zero attached hydrogens (tertiary/aromatic N) is 4. The van der Waals surface area contributed by atoms with Gasteiger partial charge in [-0.15, -0.1) is 0 Å². The molecule has 2 atom stereocenters. The second-order valence-corrected chi connectivity index (χ2v) is 8.07. The lowest BCUT2D eigenvalue weighted by molar-refractivity contribution is 0.0659. The quantitative estimate of drug-likeness (QED) is 0.363. The number of halogens is 2. The van der Waals surface area contributed by atoms with Crippen LogP contribution in [0.25, 0.3) is 17.1 Å². The fourth-order valence-electron chi connectivity index (χ4n) is 4.22. The Bertz CT molecular complexity index is 1320. The van der Waals surface area contributed by atoms with Gasteiger partial charge in [-0.2, -0.15) is 10.2 Å². The van der Waals surface area contributed by atoms with Crippen LogP contribution in [0.15, 0.2) is 60.8 Å². The molecule has 5 rings (SSSR count). The van der Waals surface area contributed by atoms with Crippen molar-refractivity contribution in [3.63, 3.8) is 0 Å². The lowest BCUT2D eigenvalue weighted by Gasteiger charge is -2.32. The molecule has 2 aromatic heterocycles. The summed E-state index contributed by atoms with van der Waals surface area (Å²) in [5, 5.41) is 15.0. The molecule has 33 heavy (non-hydrogen) atoms. The minimum Gasteiger partial charge on any atom is -0.492 e. The highest BCUT2D eigenvalue weighted by Gasteiger charge is 2.36. The van der Waals surface area contributed by atoms with Crippen molar-refractivity contribution in [2.75, 3.05) is 11.9 Å². The van der Waals surface area contributed by atoms with E-state index in [0.717, 1.165) is 5.56 Å². The maximum Gasteiger partial charge on any atom is 0.260 e. The topological polar surface area (TPSA) is 72.7 Å². The van der Waals surface area contributed by atoms with Crippen LogP contribution in [-0.4, -0.2) is 37.6 Å². The Hall–Kier alpha value is -3.53. The molecule has 2 aromatic carbocycles. The normalized spacial score (nSPS) is 17.6. The summed E-state index contributed by atoms with van der Waals surface area (Å²) in [7, 11) is 0. The fraction of sp³-hybridized carbons (Fsp3) is 0.261. The number of hydrogen-bond donors (Lipinski definition) is 2. The number of nitrogens with one attached hydrogen (secondary N) is 2. The van der Waals surface area contributed by atoms with Crippen LogP contribution in [0.3, 0.4) is 0 Å². The summed E-state index contributed by atoms with van der Waals surface area (Å²) in [6.07, 6.45) is -0.796. The van der Waals surface area contributed by atoms with Crippen molar-refractivity contribution in [2.24, 2.45) is 0 Å². The molecular formula is C23H22F2N6OS. The molecule has 2 N–H and O–H groups in total. The summed E-state index contributed by atoms with van der Waals surface area (Å²) in [5.41, 5.74) is 2.20. The molecule has 4 aromatic rings. The van der Waals surface area contributed by atoms with Gasteiger partial charge in [0.1, 0.15) is 17.6 Å². The van der Waals surface area contributed by atoms with Crippen molar-refractivity contribution >= 4 is 18.0 Å².